The standard InChI is InChI=1S/C13H23N3O3/c1-9(11(17)18-6)7-16(5)8-10-14-15-12(19-10)13(2,3)4/h9H,7-8H2,1-6H3. The molecule has 1 heterocycles. The van der Waals surface area contributed by atoms with Crippen molar-refractivity contribution in [1.29, 1.82) is 0 Å². The molecule has 0 aromatic carbocycles. The van der Waals surface area contributed by atoms with Gasteiger partial charge in [0.05, 0.1) is 19.6 Å². The monoisotopic (exact) mass is 269 g/mol. The van der Waals surface area contributed by atoms with Crippen LogP contribution in [-0.2, 0) is 21.5 Å². The average molecular weight is 269 g/mol. The second-order valence-corrected chi connectivity index (χ2v) is 5.87. The van der Waals surface area contributed by atoms with Gasteiger partial charge < -0.3 is 9.15 Å². The first-order chi connectivity index (χ1) is 8.74. The number of methoxy groups -OCH3 is 1. The van der Waals surface area contributed by atoms with E-state index in [9.17, 15) is 4.79 Å². The summed E-state index contributed by atoms with van der Waals surface area (Å²) < 4.78 is 10.3. The van der Waals surface area contributed by atoms with Crippen LogP contribution in [0.2, 0.25) is 0 Å². The molecule has 0 aliphatic heterocycles. The molecule has 1 atom stereocenters. The molecule has 0 amide bonds. The Morgan fingerprint density at radius 1 is 1.42 bits per heavy atom. The number of aromatic nitrogens is 2. The number of rotatable bonds is 5. The molecule has 1 unspecified atom stereocenters. The van der Waals surface area contributed by atoms with Crippen LogP contribution in [-0.4, -0.2) is 41.8 Å². The Kier molecular flexibility index (Phi) is 5.05. The maximum absolute atomic E-state index is 11.3. The third kappa shape index (κ3) is 4.63. The van der Waals surface area contributed by atoms with E-state index in [4.69, 9.17) is 9.15 Å². The van der Waals surface area contributed by atoms with Crippen molar-refractivity contribution in [2.24, 2.45) is 5.92 Å². The van der Waals surface area contributed by atoms with E-state index in [0.717, 1.165) is 0 Å². The lowest BCUT2D eigenvalue weighted by Crippen LogP contribution is -2.29. The van der Waals surface area contributed by atoms with E-state index in [1.807, 2.05) is 39.6 Å². The summed E-state index contributed by atoms with van der Waals surface area (Å²) in [5, 5.41) is 8.06. The van der Waals surface area contributed by atoms with E-state index in [-0.39, 0.29) is 17.3 Å². The van der Waals surface area contributed by atoms with Crippen LogP contribution in [0.1, 0.15) is 39.5 Å². The van der Waals surface area contributed by atoms with E-state index >= 15 is 0 Å². The molecule has 0 spiro atoms. The van der Waals surface area contributed by atoms with Gasteiger partial charge in [-0.2, -0.15) is 0 Å². The number of esters is 1. The van der Waals surface area contributed by atoms with Crippen molar-refractivity contribution in [2.75, 3.05) is 20.7 Å². The number of nitrogens with zero attached hydrogens (tertiary/aromatic N) is 3. The minimum atomic E-state index is -0.215. The Morgan fingerprint density at radius 2 is 2.05 bits per heavy atom. The fraction of sp³-hybridized carbons (Fsp3) is 0.769. The molecule has 0 saturated heterocycles. The van der Waals surface area contributed by atoms with Crippen molar-refractivity contribution >= 4 is 5.97 Å². The van der Waals surface area contributed by atoms with Crippen LogP contribution in [0, 0.1) is 5.92 Å². The van der Waals surface area contributed by atoms with Gasteiger partial charge in [-0.25, -0.2) is 0 Å². The Bertz CT molecular complexity index is 423. The fourth-order valence-corrected chi connectivity index (χ4v) is 1.66. The first kappa shape index (κ1) is 15.6. The third-order valence-electron chi connectivity index (χ3n) is 2.70. The predicted octanol–water partition coefficient (Wildman–Crippen LogP) is 1.61. The summed E-state index contributed by atoms with van der Waals surface area (Å²) in [7, 11) is 3.30. The normalized spacial score (nSPS) is 13.6. The third-order valence-corrected chi connectivity index (χ3v) is 2.70. The van der Waals surface area contributed by atoms with Gasteiger partial charge in [0.1, 0.15) is 0 Å². The predicted molar refractivity (Wildman–Crippen MR) is 70.5 cm³/mol. The highest BCUT2D eigenvalue weighted by Crippen LogP contribution is 2.20. The molecule has 0 fully saturated rings. The molecule has 19 heavy (non-hydrogen) atoms. The molecule has 108 valence electrons. The second kappa shape index (κ2) is 6.14. The summed E-state index contributed by atoms with van der Waals surface area (Å²) in [6.07, 6.45) is 0. The molecule has 0 bridgehead atoms. The Hall–Kier alpha value is -1.43. The van der Waals surface area contributed by atoms with Gasteiger partial charge in [-0.05, 0) is 7.05 Å². The lowest BCUT2D eigenvalue weighted by Gasteiger charge is -2.18. The molecular formula is C13H23N3O3. The molecule has 1 rings (SSSR count). The summed E-state index contributed by atoms with van der Waals surface area (Å²) in [4.78, 5) is 13.3. The highest BCUT2D eigenvalue weighted by atomic mass is 16.5. The Labute approximate surface area is 114 Å². The van der Waals surface area contributed by atoms with Crippen LogP contribution in [0.15, 0.2) is 4.42 Å². The van der Waals surface area contributed by atoms with Crippen LogP contribution in [0.3, 0.4) is 0 Å². The average Bonchev–Trinajstić information content (AvgIpc) is 2.75. The van der Waals surface area contributed by atoms with Gasteiger partial charge in [0.25, 0.3) is 0 Å². The van der Waals surface area contributed by atoms with Gasteiger partial charge >= 0.3 is 5.97 Å². The molecule has 0 N–H and O–H groups in total. The summed E-state index contributed by atoms with van der Waals surface area (Å²) in [5.74, 6) is 0.786. The fourth-order valence-electron chi connectivity index (χ4n) is 1.66. The van der Waals surface area contributed by atoms with E-state index in [2.05, 4.69) is 10.2 Å². The SMILES string of the molecule is COC(=O)C(C)CN(C)Cc1nnc(C(C)(C)C)o1. The van der Waals surface area contributed by atoms with Crippen molar-refractivity contribution in [1.82, 2.24) is 15.1 Å². The minimum absolute atomic E-state index is 0.150. The molecule has 6 heteroatoms. The summed E-state index contributed by atoms with van der Waals surface area (Å²) in [6, 6.07) is 0. The zero-order valence-corrected chi connectivity index (χ0v) is 12.6. The first-order valence-corrected chi connectivity index (χ1v) is 6.33. The number of carbonyl (C=O) groups excluding carboxylic acids is 1. The second-order valence-electron chi connectivity index (χ2n) is 5.87. The van der Waals surface area contributed by atoms with E-state index in [0.29, 0.717) is 24.9 Å². The number of carbonyl (C=O) groups is 1. The zero-order chi connectivity index (χ0) is 14.6. The number of hydrogen-bond acceptors (Lipinski definition) is 6. The molecule has 0 aliphatic carbocycles. The maximum atomic E-state index is 11.3. The van der Waals surface area contributed by atoms with Crippen molar-refractivity contribution in [3.05, 3.63) is 11.8 Å². The van der Waals surface area contributed by atoms with Gasteiger partial charge in [-0.15, -0.1) is 10.2 Å². The van der Waals surface area contributed by atoms with Gasteiger partial charge in [0.15, 0.2) is 0 Å². The number of hydrogen-bond donors (Lipinski definition) is 0. The van der Waals surface area contributed by atoms with Crippen LogP contribution < -0.4 is 0 Å². The highest BCUT2D eigenvalue weighted by molar-refractivity contribution is 5.71. The summed E-state index contributed by atoms with van der Waals surface area (Å²) in [6.45, 7) is 9.00. The molecule has 1 aromatic heterocycles. The minimum Gasteiger partial charge on any atom is -0.469 e. The largest absolute Gasteiger partial charge is 0.469 e. The number of ether oxygens (including phenoxy) is 1. The molecule has 1 aromatic rings. The van der Waals surface area contributed by atoms with Crippen molar-refractivity contribution in [3.63, 3.8) is 0 Å². The lowest BCUT2D eigenvalue weighted by atomic mass is 9.97. The van der Waals surface area contributed by atoms with Crippen molar-refractivity contribution in [3.8, 4) is 0 Å². The van der Waals surface area contributed by atoms with E-state index in [1.165, 1.54) is 7.11 Å². The van der Waals surface area contributed by atoms with Crippen LogP contribution in [0.25, 0.3) is 0 Å². The topological polar surface area (TPSA) is 68.5 Å². The van der Waals surface area contributed by atoms with Crippen molar-refractivity contribution in [2.45, 2.75) is 39.7 Å². The zero-order valence-electron chi connectivity index (χ0n) is 12.6. The molecule has 0 saturated carbocycles. The summed E-state index contributed by atoms with van der Waals surface area (Å²) in [5.41, 5.74) is -0.150. The Balaban J connectivity index is 2.55. The molecule has 0 radical (unpaired) electrons. The van der Waals surface area contributed by atoms with Crippen LogP contribution in [0.4, 0.5) is 0 Å². The van der Waals surface area contributed by atoms with Gasteiger partial charge in [-0.1, -0.05) is 27.7 Å². The first-order valence-electron chi connectivity index (χ1n) is 6.33. The maximum Gasteiger partial charge on any atom is 0.309 e. The van der Waals surface area contributed by atoms with E-state index in [1.54, 1.807) is 0 Å². The van der Waals surface area contributed by atoms with Gasteiger partial charge in [0, 0.05) is 12.0 Å². The Morgan fingerprint density at radius 3 is 2.53 bits per heavy atom. The summed E-state index contributed by atoms with van der Waals surface area (Å²) >= 11 is 0. The molecular weight excluding hydrogens is 246 g/mol. The quantitative estimate of drug-likeness (QED) is 0.756. The van der Waals surface area contributed by atoms with Crippen LogP contribution in [0.5, 0.6) is 0 Å². The van der Waals surface area contributed by atoms with Crippen molar-refractivity contribution < 1.29 is 13.9 Å². The lowest BCUT2D eigenvalue weighted by molar-refractivity contribution is -0.145. The van der Waals surface area contributed by atoms with Crippen LogP contribution >= 0.6 is 0 Å². The smallest absolute Gasteiger partial charge is 0.309 e. The van der Waals surface area contributed by atoms with E-state index < -0.39 is 0 Å². The molecule has 6 nitrogen and oxygen atoms in total. The highest BCUT2D eigenvalue weighted by Gasteiger charge is 2.22. The van der Waals surface area contributed by atoms with Gasteiger partial charge in [-0.3, -0.25) is 9.69 Å². The van der Waals surface area contributed by atoms with Gasteiger partial charge in [0.2, 0.25) is 11.8 Å². The molecule has 0 aliphatic rings.